The van der Waals surface area contributed by atoms with Crippen LogP contribution in [0.5, 0.6) is 5.75 Å². The first-order valence-corrected chi connectivity index (χ1v) is 6.15. The molecule has 0 heterocycles. The van der Waals surface area contributed by atoms with Crippen molar-refractivity contribution >= 4 is 38.6 Å². The largest absolute Gasteiger partial charge is 0.507 e. The molecule has 2 heteroatoms. The second kappa shape index (κ2) is 3.45. The maximum absolute atomic E-state index is 11.3. The number of carbonyl (C=O) groups is 1. The second-order valence-electron chi connectivity index (χ2n) is 4.75. The SMILES string of the molecule is O=Cc1c(O)c2cccc3ccc4cccc1c4c32. The van der Waals surface area contributed by atoms with Gasteiger partial charge >= 0.3 is 0 Å². The molecule has 0 aromatic heterocycles. The van der Waals surface area contributed by atoms with Gasteiger partial charge in [0.1, 0.15) is 5.75 Å². The average molecular weight is 246 g/mol. The maximum Gasteiger partial charge on any atom is 0.154 e. The van der Waals surface area contributed by atoms with Gasteiger partial charge in [-0.15, -0.1) is 0 Å². The van der Waals surface area contributed by atoms with Crippen molar-refractivity contribution in [2.75, 3.05) is 0 Å². The number of phenolic OH excluding ortho intramolecular Hbond substituents is 1. The first-order valence-electron chi connectivity index (χ1n) is 6.15. The number of benzene rings is 4. The lowest BCUT2D eigenvalue weighted by molar-refractivity contribution is 0.112. The minimum absolute atomic E-state index is 0.0757. The van der Waals surface area contributed by atoms with E-state index in [4.69, 9.17) is 0 Å². The number of aldehydes is 1. The van der Waals surface area contributed by atoms with E-state index in [0.29, 0.717) is 5.56 Å². The zero-order valence-electron chi connectivity index (χ0n) is 10.1. The number of aromatic hydroxyl groups is 1. The van der Waals surface area contributed by atoms with Crippen molar-refractivity contribution in [3.63, 3.8) is 0 Å². The summed E-state index contributed by atoms with van der Waals surface area (Å²) in [6.07, 6.45) is 0.735. The molecule has 0 aliphatic heterocycles. The third kappa shape index (κ3) is 1.18. The Morgan fingerprint density at radius 2 is 1.37 bits per heavy atom. The van der Waals surface area contributed by atoms with Gasteiger partial charge in [0.15, 0.2) is 6.29 Å². The lowest BCUT2D eigenvalue weighted by Gasteiger charge is -2.13. The van der Waals surface area contributed by atoms with Crippen molar-refractivity contribution < 1.29 is 9.90 Å². The molecule has 0 radical (unpaired) electrons. The van der Waals surface area contributed by atoms with Gasteiger partial charge in [-0.1, -0.05) is 48.5 Å². The molecule has 90 valence electrons. The summed E-state index contributed by atoms with van der Waals surface area (Å²) in [5.41, 5.74) is 0.372. The van der Waals surface area contributed by atoms with Crippen molar-refractivity contribution in [2.45, 2.75) is 0 Å². The molecule has 0 amide bonds. The summed E-state index contributed by atoms with van der Waals surface area (Å²) in [4.78, 5) is 11.3. The van der Waals surface area contributed by atoms with Gasteiger partial charge in [-0.25, -0.2) is 0 Å². The quantitative estimate of drug-likeness (QED) is 0.405. The molecule has 0 unspecified atom stereocenters. The van der Waals surface area contributed by atoms with Crippen molar-refractivity contribution in [1.29, 1.82) is 0 Å². The van der Waals surface area contributed by atoms with E-state index in [2.05, 4.69) is 6.07 Å². The molecular formula is C17H10O2. The van der Waals surface area contributed by atoms with Gasteiger partial charge in [-0.2, -0.15) is 0 Å². The lowest BCUT2D eigenvalue weighted by Crippen LogP contribution is -1.90. The van der Waals surface area contributed by atoms with Gasteiger partial charge in [-0.05, 0) is 21.5 Å². The van der Waals surface area contributed by atoms with E-state index in [1.807, 2.05) is 42.5 Å². The third-order valence-corrected chi connectivity index (χ3v) is 3.80. The van der Waals surface area contributed by atoms with E-state index in [9.17, 15) is 9.90 Å². The predicted molar refractivity (Wildman–Crippen MR) is 77.2 cm³/mol. The van der Waals surface area contributed by atoms with Crippen LogP contribution in [0.2, 0.25) is 0 Å². The smallest absolute Gasteiger partial charge is 0.154 e. The van der Waals surface area contributed by atoms with E-state index in [0.717, 1.165) is 38.6 Å². The Labute approximate surface area is 109 Å². The van der Waals surface area contributed by atoms with Crippen molar-refractivity contribution in [3.05, 3.63) is 54.1 Å². The summed E-state index contributed by atoms with van der Waals surface area (Å²) < 4.78 is 0. The minimum atomic E-state index is 0.0757. The molecule has 0 saturated heterocycles. The molecule has 0 saturated carbocycles. The summed E-state index contributed by atoms with van der Waals surface area (Å²) in [6, 6.07) is 15.7. The molecule has 4 rings (SSSR count). The maximum atomic E-state index is 11.3. The normalized spacial score (nSPS) is 11.6. The number of rotatable bonds is 1. The molecule has 0 fully saturated rings. The second-order valence-corrected chi connectivity index (χ2v) is 4.75. The van der Waals surface area contributed by atoms with E-state index in [-0.39, 0.29) is 5.75 Å². The first-order chi connectivity index (χ1) is 9.31. The van der Waals surface area contributed by atoms with Gasteiger partial charge in [0.2, 0.25) is 0 Å². The summed E-state index contributed by atoms with van der Waals surface area (Å²) in [6.45, 7) is 0. The molecule has 0 spiro atoms. The van der Waals surface area contributed by atoms with Crippen LogP contribution in [0.15, 0.2) is 48.5 Å². The molecule has 19 heavy (non-hydrogen) atoms. The highest BCUT2D eigenvalue weighted by Gasteiger charge is 2.15. The summed E-state index contributed by atoms with van der Waals surface area (Å²) >= 11 is 0. The Hall–Kier alpha value is -2.61. The number of carbonyl (C=O) groups excluding carboxylic acids is 1. The summed E-state index contributed by atoms with van der Waals surface area (Å²) in [5.74, 6) is 0.0757. The van der Waals surface area contributed by atoms with Gasteiger partial charge in [0.25, 0.3) is 0 Å². The third-order valence-electron chi connectivity index (χ3n) is 3.80. The number of phenols is 1. The zero-order chi connectivity index (χ0) is 13.0. The Bertz CT molecular complexity index is 938. The Kier molecular flexibility index (Phi) is 1.88. The molecule has 0 aliphatic carbocycles. The highest BCUT2D eigenvalue weighted by atomic mass is 16.3. The monoisotopic (exact) mass is 246 g/mol. The molecule has 1 N–H and O–H groups in total. The molecule has 4 aromatic carbocycles. The molecule has 0 aliphatic rings. The molecule has 2 nitrogen and oxygen atoms in total. The fourth-order valence-corrected chi connectivity index (χ4v) is 2.97. The van der Waals surface area contributed by atoms with Crippen molar-refractivity contribution in [2.24, 2.45) is 0 Å². The summed E-state index contributed by atoms with van der Waals surface area (Å²) in [7, 11) is 0. The Morgan fingerprint density at radius 1 is 0.789 bits per heavy atom. The molecular weight excluding hydrogens is 236 g/mol. The van der Waals surface area contributed by atoms with Gasteiger partial charge in [0, 0.05) is 10.8 Å². The molecule has 0 atom stereocenters. The number of hydrogen-bond acceptors (Lipinski definition) is 2. The fraction of sp³-hybridized carbons (Fsp3) is 0. The summed E-state index contributed by atoms with van der Waals surface area (Å²) in [5, 5.41) is 16.1. The van der Waals surface area contributed by atoms with E-state index < -0.39 is 0 Å². The van der Waals surface area contributed by atoms with Crippen LogP contribution in [0.25, 0.3) is 32.3 Å². The van der Waals surface area contributed by atoms with Crippen LogP contribution in [0.1, 0.15) is 10.4 Å². The highest BCUT2D eigenvalue weighted by molar-refractivity contribution is 6.27. The van der Waals surface area contributed by atoms with Gasteiger partial charge in [0.05, 0.1) is 5.56 Å². The minimum Gasteiger partial charge on any atom is -0.507 e. The average Bonchev–Trinajstić information content (AvgIpc) is 2.46. The van der Waals surface area contributed by atoms with Gasteiger partial charge < -0.3 is 5.11 Å². The van der Waals surface area contributed by atoms with Crippen LogP contribution < -0.4 is 0 Å². The standard InChI is InChI=1S/C17H10O2/c18-9-14-12-5-1-3-10-7-8-11-4-2-6-13(17(14)19)16(11)15(10)12/h1-9,19H. The Morgan fingerprint density at radius 3 is 2.00 bits per heavy atom. The predicted octanol–water partition coefficient (Wildman–Crippen LogP) is 4.10. The van der Waals surface area contributed by atoms with E-state index >= 15 is 0 Å². The van der Waals surface area contributed by atoms with Crippen molar-refractivity contribution in [1.82, 2.24) is 0 Å². The lowest BCUT2D eigenvalue weighted by atomic mass is 9.91. The first kappa shape index (κ1) is 10.3. The van der Waals surface area contributed by atoms with Gasteiger partial charge in [-0.3, -0.25) is 4.79 Å². The van der Waals surface area contributed by atoms with Crippen LogP contribution in [-0.2, 0) is 0 Å². The topological polar surface area (TPSA) is 37.3 Å². The highest BCUT2D eigenvalue weighted by Crippen LogP contribution is 2.41. The van der Waals surface area contributed by atoms with Crippen LogP contribution in [0, 0.1) is 0 Å². The van der Waals surface area contributed by atoms with E-state index in [1.165, 1.54) is 0 Å². The van der Waals surface area contributed by atoms with Crippen LogP contribution in [0.3, 0.4) is 0 Å². The van der Waals surface area contributed by atoms with Crippen LogP contribution in [-0.4, -0.2) is 11.4 Å². The van der Waals surface area contributed by atoms with Crippen LogP contribution >= 0.6 is 0 Å². The molecule has 4 aromatic rings. The molecule has 0 bridgehead atoms. The zero-order valence-corrected chi connectivity index (χ0v) is 10.1. The Balaban J connectivity index is 2.50. The fourth-order valence-electron chi connectivity index (χ4n) is 2.97. The number of hydrogen-bond donors (Lipinski definition) is 1. The van der Waals surface area contributed by atoms with Crippen LogP contribution in [0.4, 0.5) is 0 Å². The van der Waals surface area contributed by atoms with Crippen molar-refractivity contribution in [3.8, 4) is 5.75 Å². The van der Waals surface area contributed by atoms with E-state index in [1.54, 1.807) is 0 Å².